The highest BCUT2D eigenvalue weighted by Crippen LogP contribution is 2.21. The molecule has 8 heteroatoms. The second-order valence-electron chi connectivity index (χ2n) is 6.28. The summed E-state index contributed by atoms with van der Waals surface area (Å²) >= 11 is 0. The third-order valence-corrected chi connectivity index (χ3v) is 4.67. The second-order valence-corrected chi connectivity index (χ2v) is 6.28. The molecule has 27 heavy (non-hydrogen) atoms. The van der Waals surface area contributed by atoms with Crippen molar-refractivity contribution in [2.24, 2.45) is 0 Å². The summed E-state index contributed by atoms with van der Waals surface area (Å²) in [6.45, 7) is 1.15. The molecule has 0 spiro atoms. The molecular weight excluding hydrogens is 353 g/mol. The number of H-pyrrole nitrogens is 1. The van der Waals surface area contributed by atoms with Crippen LogP contribution in [0.25, 0.3) is 10.9 Å². The molecular formula is C19H16FN3O4. The van der Waals surface area contributed by atoms with Gasteiger partial charge in [-0.05, 0) is 30.3 Å². The molecule has 0 saturated carbocycles. The Balaban J connectivity index is 1.44. The van der Waals surface area contributed by atoms with E-state index in [1.807, 2.05) is 0 Å². The molecule has 2 amide bonds. The molecule has 7 nitrogen and oxygen atoms in total. The number of Topliss-reactive ketones (excluding diaryl/α,β-unsaturated/α-hetero) is 1. The minimum absolute atomic E-state index is 0.212. The molecule has 2 aromatic heterocycles. The molecule has 1 aliphatic heterocycles. The number of carbonyl (C=O) groups excluding carboxylic acids is 3. The molecule has 1 aromatic carbocycles. The van der Waals surface area contributed by atoms with E-state index >= 15 is 0 Å². The summed E-state index contributed by atoms with van der Waals surface area (Å²) in [4.78, 5) is 43.3. The summed E-state index contributed by atoms with van der Waals surface area (Å²) < 4.78 is 18.4. The first-order chi connectivity index (χ1) is 13.0. The van der Waals surface area contributed by atoms with E-state index in [1.165, 1.54) is 35.6 Å². The van der Waals surface area contributed by atoms with Gasteiger partial charge in [0.15, 0.2) is 5.76 Å². The minimum Gasteiger partial charge on any atom is -0.459 e. The Morgan fingerprint density at radius 2 is 1.78 bits per heavy atom. The molecule has 0 aliphatic carbocycles. The first kappa shape index (κ1) is 17.0. The maximum atomic E-state index is 13.3. The predicted octanol–water partition coefficient (Wildman–Crippen LogP) is 2.07. The first-order valence-corrected chi connectivity index (χ1v) is 8.47. The number of hydrogen-bond acceptors (Lipinski definition) is 4. The summed E-state index contributed by atoms with van der Waals surface area (Å²) in [7, 11) is 0. The van der Waals surface area contributed by atoms with Gasteiger partial charge in [0.1, 0.15) is 5.82 Å². The fourth-order valence-corrected chi connectivity index (χ4v) is 3.21. The van der Waals surface area contributed by atoms with Crippen LogP contribution in [0.5, 0.6) is 0 Å². The molecule has 0 bridgehead atoms. The highest BCUT2D eigenvalue weighted by Gasteiger charge is 2.30. The quantitative estimate of drug-likeness (QED) is 0.566. The number of aromatic amines is 1. The van der Waals surface area contributed by atoms with E-state index in [4.69, 9.17) is 4.42 Å². The average molecular weight is 369 g/mol. The van der Waals surface area contributed by atoms with Crippen molar-refractivity contribution in [3.8, 4) is 0 Å². The van der Waals surface area contributed by atoms with E-state index in [2.05, 4.69) is 4.98 Å². The van der Waals surface area contributed by atoms with E-state index in [0.29, 0.717) is 24.0 Å². The van der Waals surface area contributed by atoms with Crippen LogP contribution in [0.2, 0.25) is 0 Å². The minimum atomic E-state index is -0.654. The number of aromatic nitrogens is 1. The number of rotatable bonds is 3. The number of benzene rings is 1. The van der Waals surface area contributed by atoms with Crippen molar-refractivity contribution in [2.45, 2.75) is 0 Å². The molecule has 0 radical (unpaired) electrons. The summed E-state index contributed by atoms with van der Waals surface area (Å²) in [5.41, 5.74) is 0.670. The maximum Gasteiger partial charge on any atom is 0.295 e. The Kier molecular flexibility index (Phi) is 4.23. The maximum absolute atomic E-state index is 13.3. The van der Waals surface area contributed by atoms with Crippen LogP contribution in [0.4, 0.5) is 4.39 Å². The Bertz CT molecular complexity index is 1020. The zero-order valence-electron chi connectivity index (χ0n) is 14.3. The summed E-state index contributed by atoms with van der Waals surface area (Å²) in [5, 5.41) is 0.501. The number of furan rings is 1. The van der Waals surface area contributed by atoms with Crippen LogP contribution >= 0.6 is 0 Å². The van der Waals surface area contributed by atoms with E-state index in [0.717, 1.165) is 0 Å². The van der Waals surface area contributed by atoms with Crippen molar-refractivity contribution in [2.75, 3.05) is 26.2 Å². The molecule has 3 heterocycles. The van der Waals surface area contributed by atoms with Gasteiger partial charge in [0.2, 0.25) is 0 Å². The molecule has 1 N–H and O–H groups in total. The molecule has 1 saturated heterocycles. The lowest BCUT2D eigenvalue weighted by Crippen LogP contribution is -2.52. The zero-order valence-corrected chi connectivity index (χ0v) is 14.3. The number of nitrogens with zero attached hydrogens (tertiary/aromatic N) is 2. The smallest absolute Gasteiger partial charge is 0.295 e. The van der Waals surface area contributed by atoms with Gasteiger partial charge >= 0.3 is 0 Å². The van der Waals surface area contributed by atoms with Crippen molar-refractivity contribution in [1.29, 1.82) is 0 Å². The van der Waals surface area contributed by atoms with Gasteiger partial charge in [-0.3, -0.25) is 14.4 Å². The van der Waals surface area contributed by atoms with E-state index in [-0.39, 0.29) is 30.3 Å². The highest BCUT2D eigenvalue weighted by molar-refractivity contribution is 6.44. The van der Waals surface area contributed by atoms with Gasteiger partial charge in [-0.2, -0.15) is 0 Å². The van der Waals surface area contributed by atoms with Crippen LogP contribution in [0.15, 0.2) is 47.2 Å². The van der Waals surface area contributed by atoms with E-state index in [9.17, 15) is 18.8 Å². The number of fused-ring (bicyclic) bond motifs is 1. The Morgan fingerprint density at radius 3 is 2.48 bits per heavy atom. The van der Waals surface area contributed by atoms with Crippen LogP contribution < -0.4 is 0 Å². The number of halogens is 1. The fraction of sp³-hybridized carbons (Fsp3) is 0.211. The SMILES string of the molecule is O=C(C(=O)N1CCN(C(=O)c2ccco2)CC1)c1c[nH]c2cc(F)ccc12. The third-order valence-electron chi connectivity index (χ3n) is 4.67. The van der Waals surface area contributed by atoms with Crippen LogP contribution in [-0.4, -0.2) is 58.6 Å². The normalized spacial score (nSPS) is 14.6. The van der Waals surface area contributed by atoms with Crippen LogP contribution in [-0.2, 0) is 4.79 Å². The van der Waals surface area contributed by atoms with Crippen molar-refractivity contribution in [1.82, 2.24) is 14.8 Å². The average Bonchev–Trinajstić information content (AvgIpc) is 3.36. The fourth-order valence-electron chi connectivity index (χ4n) is 3.21. The number of amides is 2. The Labute approximate surface area is 153 Å². The van der Waals surface area contributed by atoms with Crippen LogP contribution in [0.3, 0.4) is 0 Å². The largest absolute Gasteiger partial charge is 0.459 e. The molecule has 1 fully saturated rings. The van der Waals surface area contributed by atoms with Gasteiger partial charge < -0.3 is 19.2 Å². The first-order valence-electron chi connectivity index (χ1n) is 8.47. The summed E-state index contributed by atoms with van der Waals surface area (Å²) in [6, 6.07) is 7.22. The monoisotopic (exact) mass is 369 g/mol. The van der Waals surface area contributed by atoms with Gasteiger partial charge in [-0.25, -0.2) is 4.39 Å². The van der Waals surface area contributed by atoms with Crippen LogP contribution in [0.1, 0.15) is 20.9 Å². The van der Waals surface area contributed by atoms with Crippen molar-refractivity contribution in [3.63, 3.8) is 0 Å². The number of nitrogens with one attached hydrogen (secondary N) is 1. The van der Waals surface area contributed by atoms with Gasteiger partial charge in [0, 0.05) is 43.3 Å². The van der Waals surface area contributed by atoms with Gasteiger partial charge in [-0.1, -0.05) is 0 Å². The topological polar surface area (TPSA) is 86.6 Å². The highest BCUT2D eigenvalue weighted by atomic mass is 19.1. The molecule has 4 rings (SSSR count). The predicted molar refractivity (Wildman–Crippen MR) is 93.8 cm³/mol. The van der Waals surface area contributed by atoms with Crippen molar-refractivity contribution < 1.29 is 23.2 Å². The number of piperazine rings is 1. The van der Waals surface area contributed by atoms with E-state index in [1.54, 1.807) is 17.0 Å². The van der Waals surface area contributed by atoms with Gasteiger partial charge in [-0.15, -0.1) is 0 Å². The molecule has 0 unspecified atom stereocenters. The van der Waals surface area contributed by atoms with Crippen molar-refractivity contribution >= 4 is 28.5 Å². The summed E-state index contributed by atoms with van der Waals surface area (Å²) in [5.74, 6) is -1.70. The van der Waals surface area contributed by atoms with Crippen LogP contribution in [0, 0.1) is 5.82 Å². The van der Waals surface area contributed by atoms with Gasteiger partial charge in [0.25, 0.3) is 17.6 Å². The third kappa shape index (κ3) is 3.10. The van der Waals surface area contributed by atoms with E-state index < -0.39 is 17.5 Å². The molecule has 1 aliphatic rings. The van der Waals surface area contributed by atoms with Crippen molar-refractivity contribution in [3.05, 3.63) is 59.9 Å². The van der Waals surface area contributed by atoms with Gasteiger partial charge in [0.05, 0.1) is 11.8 Å². The standard InChI is InChI=1S/C19H16FN3O4/c20-12-3-4-13-14(11-21-15(13)10-12)17(24)19(26)23-7-5-22(6-8-23)18(25)16-2-1-9-27-16/h1-4,9-11,21H,5-8H2. The molecule has 3 aromatic rings. The Morgan fingerprint density at radius 1 is 1.04 bits per heavy atom. The number of carbonyl (C=O) groups is 3. The zero-order chi connectivity index (χ0) is 19.0. The number of hydrogen-bond donors (Lipinski definition) is 1. The lowest BCUT2D eigenvalue weighted by Gasteiger charge is -2.33. The lowest BCUT2D eigenvalue weighted by molar-refractivity contribution is -0.127. The summed E-state index contributed by atoms with van der Waals surface area (Å²) in [6.07, 6.45) is 2.85. The molecule has 0 atom stereocenters. The molecule has 138 valence electrons. The lowest BCUT2D eigenvalue weighted by atomic mass is 10.1. The second kappa shape index (κ2) is 6.71. The number of ketones is 1. The Hall–Kier alpha value is -3.42.